The molecule has 0 bridgehead atoms. The summed E-state index contributed by atoms with van der Waals surface area (Å²) in [6.45, 7) is 8.93. The van der Waals surface area contributed by atoms with Crippen LogP contribution in [0.3, 0.4) is 0 Å². The number of carbonyl (C=O) groups is 1. The lowest BCUT2D eigenvalue weighted by Gasteiger charge is -2.37. The van der Waals surface area contributed by atoms with E-state index in [1.165, 1.54) is 33.3 Å². The van der Waals surface area contributed by atoms with Crippen LogP contribution in [0.2, 0.25) is 0 Å². The van der Waals surface area contributed by atoms with Crippen LogP contribution in [0.25, 0.3) is 10.9 Å². The number of nitrogens with zero attached hydrogens (tertiary/aromatic N) is 3. The van der Waals surface area contributed by atoms with Gasteiger partial charge in [-0.3, -0.25) is 9.47 Å². The number of rotatable bonds is 13. The molecule has 37 heavy (non-hydrogen) atoms. The summed E-state index contributed by atoms with van der Waals surface area (Å²) in [6, 6.07) is 11.0. The number of quaternary nitrogens is 1. The molecule has 0 amide bonds. The second kappa shape index (κ2) is 12.6. The molecule has 0 saturated heterocycles. The van der Waals surface area contributed by atoms with E-state index in [0.29, 0.717) is 37.6 Å². The van der Waals surface area contributed by atoms with Crippen molar-refractivity contribution in [2.45, 2.75) is 39.8 Å². The van der Waals surface area contributed by atoms with Gasteiger partial charge in [0.25, 0.3) is 0 Å². The number of esters is 1. The highest BCUT2D eigenvalue weighted by Gasteiger charge is 2.34. The Morgan fingerprint density at radius 2 is 1.89 bits per heavy atom. The average Bonchev–Trinajstić information content (AvgIpc) is 3.18. The van der Waals surface area contributed by atoms with E-state index in [9.17, 15) is 4.79 Å². The van der Waals surface area contributed by atoms with Gasteiger partial charge in [-0.05, 0) is 44.0 Å². The van der Waals surface area contributed by atoms with Gasteiger partial charge in [0.15, 0.2) is 0 Å². The lowest BCUT2D eigenvalue weighted by molar-refractivity contribution is -0.940. The molecule has 2 aromatic heterocycles. The first-order valence-electron chi connectivity index (χ1n) is 13.0. The highest BCUT2D eigenvalue weighted by atomic mass is 16.6. The van der Waals surface area contributed by atoms with Crippen LogP contribution in [0.1, 0.15) is 28.1 Å². The number of methoxy groups -OCH3 is 1. The van der Waals surface area contributed by atoms with Crippen LogP contribution >= 0.6 is 0 Å². The van der Waals surface area contributed by atoms with Crippen molar-refractivity contribution in [2.24, 2.45) is 0 Å². The van der Waals surface area contributed by atoms with Crippen LogP contribution in [0.15, 0.2) is 36.5 Å². The fourth-order valence-corrected chi connectivity index (χ4v) is 4.93. The third-order valence-corrected chi connectivity index (χ3v) is 7.03. The SMILES string of the molecule is COCCOCCOCC(=O)OC[N+]1(C)CCc2c(c3cc(C)ccc3n2CCc2ccc(C)nc2)C1. The van der Waals surface area contributed by atoms with Crippen LogP contribution in [0.5, 0.6) is 0 Å². The van der Waals surface area contributed by atoms with Gasteiger partial charge in [-0.25, -0.2) is 4.79 Å². The summed E-state index contributed by atoms with van der Waals surface area (Å²) >= 11 is 0. The van der Waals surface area contributed by atoms with E-state index >= 15 is 0 Å². The molecule has 0 saturated carbocycles. The number of aryl methyl sites for hydroxylation is 4. The Kier molecular flexibility index (Phi) is 9.32. The number of benzene rings is 1. The molecule has 8 nitrogen and oxygen atoms in total. The summed E-state index contributed by atoms with van der Waals surface area (Å²) < 4.78 is 24.4. The molecular formula is C29H40N3O5+. The van der Waals surface area contributed by atoms with Crippen molar-refractivity contribution in [3.8, 4) is 0 Å². The van der Waals surface area contributed by atoms with Gasteiger partial charge in [0, 0.05) is 54.1 Å². The molecular weight excluding hydrogens is 470 g/mol. The number of pyridine rings is 1. The Morgan fingerprint density at radius 1 is 1.08 bits per heavy atom. The molecule has 8 heteroatoms. The first-order valence-corrected chi connectivity index (χ1v) is 13.0. The van der Waals surface area contributed by atoms with E-state index in [2.05, 4.69) is 53.9 Å². The highest BCUT2D eigenvalue weighted by molar-refractivity contribution is 5.86. The number of aromatic nitrogens is 2. The third kappa shape index (κ3) is 7.17. The van der Waals surface area contributed by atoms with Gasteiger partial charge in [0.1, 0.15) is 13.2 Å². The maximum absolute atomic E-state index is 12.3. The predicted octanol–water partition coefficient (Wildman–Crippen LogP) is 3.58. The number of fused-ring (bicyclic) bond motifs is 3. The zero-order valence-electron chi connectivity index (χ0n) is 22.6. The summed E-state index contributed by atoms with van der Waals surface area (Å²) in [5, 5.41) is 1.31. The van der Waals surface area contributed by atoms with Crippen molar-refractivity contribution in [1.82, 2.24) is 9.55 Å². The van der Waals surface area contributed by atoms with Crippen molar-refractivity contribution in [1.29, 1.82) is 0 Å². The summed E-state index contributed by atoms with van der Waals surface area (Å²) in [4.78, 5) is 16.7. The normalized spacial score (nSPS) is 17.2. The van der Waals surface area contributed by atoms with Crippen LogP contribution < -0.4 is 0 Å². The van der Waals surface area contributed by atoms with Gasteiger partial charge in [0.2, 0.25) is 6.73 Å². The molecule has 1 unspecified atom stereocenters. The monoisotopic (exact) mass is 510 g/mol. The standard InChI is InChI=1S/C29H40N3O5/c1-22-5-8-27-25(17-22)26-19-32(3,21-37-29(33)20-36-16-15-35-14-13-34-4)12-10-28(26)31(27)11-9-24-7-6-23(2)30-18-24/h5-8,17-18H,9-16,19-21H2,1-4H3/q+1. The summed E-state index contributed by atoms with van der Waals surface area (Å²) in [5.41, 5.74) is 7.60. The summed E-state index contributed by atoms with van der Waals surface area (Å²) in [7, 11) is 3.79. The molecule has 3 heterocycles. The second-order valence-corrected chi connectivity index (χ2v) is 10.2. The van der Waals surface area contributed by atoms with Crippen LogP contribution in [0, 0.1) is 13.8 Å². The highest BCUT2D eigenvalue weighted by Crippen LogP contribution is 2.34. The first-order chi connectivity index (χ1) is 17.9. The molecule has 0 aliphatic carbocycles. The van der Waals surface area contributed by atoms with Crippen molar-refractivity contribution in [3.05, 3.63) is 64.6 Å². The van der Waals surface area contributed by atoms with E-state index in [-0.39, 0.29) is 12.6 Å². The van der Waals surface area contributed by atoms with Crippen molar-refractivity contribution >= 4 is 16.9 Å². The minimum atomic E-state index is -0.341. The van der Waals surface area contributed by atoms with Crippen LogP contribution in [0.4, 0.5) is 0 Å². The smallest absolute Gasteiger partial charge is 0.336 e. The molecule has 1 atom stereocenters. The summed E-state index contributed by atoms with van der Waals surface area (Å²) in [5.74, 6) is -0.341. The van der Waals surface area contributed by atoms with E-state index in [4.69, 9.17) is 18.9 Å². The Hall–Kier alpha value is -2.78. The third-order valence-electron chi connectivity index (χ3n) is 7.03. The number of carbonyl (C=O) groups excluding carboxylic acids is 1. The van der Waals surface area contributed by atoms with Gasteiger partial charge in [-0.2, -0.15) is 0 Å². The van der Waals surface area contributed by atoms with Crippen LogP contribution in [-0.4, -0.2) is 80.5 Å². The summed E-state index contributed by atoms with van der Waals surface area (Å²) in [6.07, 6.45) is 3.87. The lowest BCUT2D eigenvalue weighted by Crippen LogP contribution is -2.49. The number of ether oxygens (including phenoxy) is 4. The van der Waals surface area contributed by atoms with E-state index in [1.54, 1.807) is 7.11 Å². The molecule has 1 aliphatic rings. The molecule has 1 aliphatic heterocycles. The molecule has 0 radical (unpaired) electrons. The Labute approximate surface area is 219 Å². The fourth-order valence-electron chi connectivity index (χ4n) is 4.93. The van der Waals surface area contributed by atoms with Gasteiger partial charge in [-0.15, -0.1) is 0 Å². The Bertz CT molecular complexity index is 1190. The van der Waals surface area contributed by atoms with Crippen LogP contribution in [-0.2, 0) is 49.7 Å². The molecule has 200 valence electrons. The largest absolute Gasteiger partial charge is 0.413 e. The van der Waals surface area contributed by atoms with Crippen molar-refractivity contribution in [2.75, 3.05) is 60.5 Å². The fraction of sp³-hybridized carbons (Fsp3) is 0.517. The van der Waals surface area contributed by atoms with Crippen molar-refractivity contribution < 1.29 is 28.2 Å². The van der Waals surface area contributed by atoms with E-state index < -0.39 is 0 Å². The minimum Gasteiger partial charge on any atom is -0.413 e. The van der Waals surface area contributed by atoms with Crippen molar-refractivity contribution in [3.63, 3.8) is 0 Å². The topological polar surface area (TPSA) is 71.8 Å². The van der Waals surface area contributed by atoms with Gasteiger partial charge in [-0.1, -0.05) is 17.7 Å². The zero-order valence-corrected chi connectivity index (χ0v) is 22.6. The molecule has 0 fully saturated rings. The maximum atomic E-state index is 12.3. The molecule has 0 spiro atoms. The molecule has 3 aromatic rings. The second-order valence-electron chi connectivity index (χ2n) is 10.2. The van der Waals surface area contributed by atoms with Gasteiger partial charge < -0.3 is 23.5 Å². The molecule has 4 rings (SSSR count). The lowest BCUT2D eigenvalue weighted by atomic mass is 10.0. The van der Waals surface area contributed by atoms with E-state index in [0.717, 1.165) is 38.2 Å². The quantitative estimate of drug-likeness (QED) is 0.199. The zero-order chi connectivity index (χ0) is 26.3. The number of likely N-dealkylation sites (N-methyl/N-ethyl adjacent to an activating group) is 1. The first kappa shape index (κ1) is 27.3. The number of hydrogen-bond acceptors (Lipinski definition) is 6. The van der Waals surface area contributed by atoms with Gasteiger partial charge in [0.05, 0.1) is 40.0 Å². The Morgan fingerprint density at radius 3 is 2.68 bits per heavy atom. The molecule has 0 N–H and O–H groups in total. The van der Waals surface area contributed by atoms with Gasteiger partial charge >= 0.3 is 5.97 Å². The minimum absolute atomic E-state index is 0.0642. The maximum Gasteiger partial charge on any atom is 0.336 e. The molecule has 1 aromatic carbocycles. The average molecular weight is 511 g/mol. The number of hydrogen-bond donors (Lipinski definition) is 0. The predicted molar refractivity (Wildman–Crippen MR) is 142 cm³/mol. The van der Waals surface area contributed by atoms with E-state index in [1.807, 2.05) is 13.1 Å². The Balaban J connectivity index is 1.38.